The number of ether oxygens (including phenoxy) is 4. The fraction of sp³-hybridized carbons (Fsp3) is 0.333. The minimum Gasteiger partial charge on any atom is -0.491 e. The van der Waals surface area contributed by atoms with Crippen LogP contribution in [0.4, 0.5) is 6.01 Å². The molecule has 0 atom stereocenters. The first-order valence-electron chi connectivity index (χ1n) is 10.4. The molecular formula is C24H28N2O7. The van der Waals surface area contributed by atoms with Gasteiger partial charge < -0.3 is 33.4 Å². The summed E-state index contributed by atoms with van der Waals surface area (Å²) in [6.07, 6.45) is 1.14. The number of nitrogens with zero attached hydrogens (tertiary/aromatic N) is 2. The summed E-state index contributed by atoms with van der Waals surface area (Å²) in [7, 11) is 3.24. The lowest BCUT2D eigenvalue weighted by Gasteiger charge is -2.21. The van der Waals surface area contributed by atoms with Crippen molar-refractivity contribution in [2.45, 2.75) is 13.1 Å². The molecule has 0 fully saturated rings. The molecule has 0 bridgehead atoms. The third-order valence-electron chi connectivity index (χ3n) is 4.64. The van der Waals surface area contributed by atoms with E-state index in [1.165, 1.54) is 0 Å². The van der Waals surface area contributed by atoms with E-state index in [1.807, 2.05) is 53.4 Å². The number of carboxylic acids is 1. The van der Waals surface area contributed by atoms with Crippen molar-refractivity contribution < 1.29 is 33.3 Å². The number of hydrogen-bond acceptors (Lipinski definition) is 8. The summed E-state index contributed by atoms with van der Waals surface area (Å²) in [4.78, 5) is 17.3. The Morgan fingerprint density at radius 2 is 1.45 bits per heavy atom. The number of aromatic carboxylic acids is 1. The van der Waals surface area contributed by atoms with Gasteiger partial charge in [0.25, 0.3) is 6.01 Å². The molecule has 3 aromatic rings. The average Bonchev–Trinajstić information content (AvgIpc) is 3.31. The Balaban J connectivity index is 1.79. The van der Waals surface area contributed by atoms with Gasteiger partial charge in [0.1, 0.15) is 31.0 Å². The van der Waals surface area contributed by atoms with Crippen LogP contribution in [0, 0.1) is 0 Å². The highest BCUT2D eigenvalue weighted by molar-refractivity contribution is 5.85. The van der Waals surface area contributed by atoms with E-state index in [-0.39, 0.29) is 11.7 Å². The molecule has 0 aliphatic carbocycles. The predicted octanol–water partition coefficient (Wildman–Crippen LogP) is 3.63. The maximum Gasteiger partial charge on any atom is 0.357 e. The third-order valence-corrected chi connectivity index (χ3v) is 4.64. The van der Waals surface area contributed by atoms with Gasteiger partial charge in [-0.05, 0) is 35.4 Å². The second-order valence-corrected chi connectivity index (χ2v) is 7.15. The maximum absolute atomic E-state index is 11.3. The number of rotatable bonds is 14. The van der Waals surface area contributed by atoms with Crippen molar-refractivity contribution in [2.75, 3.05) is 45.5 Å². The first-order valence-corrected chi connectivity index (χ1v) is 10.4. The van der Waals surface area contributed by atoms with Crippen molar-refractivity contribution in [3.8, 4) is 11.5 Å². The molecule has 0 aliphatic rings. The van der Waals surface area contributed by atoms with Crippen LogP contribution in [0.2, 0.25) is 0 Å². The van der Waals surface area contributed by atoms with Crippen LogP contribution >= 0.6 is 0 Å². The van der Waals surface area contributed by atoms with Crippen molar-refractivity contribution in [3.05, 3.63) is 71.6 Å². The maximum atomic E-state index is 11.3. The number of methoxy groups -OCH3 is 2. The zero-order valence-electron chi connectivity index (χ0n) is 18.7. The van der Waals surface area contributed by atoms with E-state index in [1.54, 1.807) is 14.2 Å². The van der Waals surface area contributed by atoms with Crippen LogP contribution in [0.25, 0.3) is 0 Å². The molecule has 1 heterocycles. The Morgan fingerprint density at radius 1 is 0.909 bits per heavy atom. The normalized spacial score (nSPS) is 10.7. The zero-order chi connectivity index (χ0) is 23.5. The summed E-state index contributed by atoms with van der Waals surface area (Å²) in [6, 6.07) is 15.5. The molecular weight excluding hydrogens is 428 g/mol. The molecule has 0 unspecified atom stereocenters. The van der Waals surface area contributed by atoms with E-state index in [0.29, 0.717) is 39.5 Å². The lowest BCUT2D eigenvalue weighted by Crippen LogP contribution is -2.22. The van der Waals surface area contributed by atoms with Gasteiger partial charge in [-0.25, -0.2) is 4.79 Å². The summed E-state index contributed by atoms with van der Waals surface area (Å²) < 4.78 is 26.9. The number of aromatic nitrogens is 1. The van der Waals surface area contributed by atoms with Gasteiger partial charge in [-0.3, -0.25) is 0 Å². The van der Waals surface area contributed by atoms with E-state index in [2.05, 4.69) is 4.98 Å². The van der Waals surface area contributed by atoms with Crippen LogP contribution in [-0.4, -0.2) is 56.7 Å². The first-order chi connectivity index (χ1) is 16.1. The van der Waals surface area contributed by atoms with Crippen LogP contribution in [0.15, 0.2) is 59.2 Å². The number of hydrogen-bond donors (Lipinski definition) is 1. The molecule has 9 nitrogen and oxygen atoms in total. The molecule has 0 aliphatic heterocycles. The second kappa shape index (κ2) is 12.5. The monoisotopic (exact) mass is 456 g/mol. The Hall–Kier alpha value is -3.56. The smallest absolute Gasteiger partial charge is 0.357 e. The van der Waals surface area contributed by atoms with E-state index in [9.17, 15) is 9.90 Å². The summed E-state index contributed by atoms with van der Waals surface area (Å²) in [5.74, 6) is 0.292. The van der Waals surface area contributed by atoms with Gasteiger partial charge in [0.05, 0.1) is 13.2 Å². The van der Waals surface area contributed by atoms with Crippen molar-refractivity contribution in [2.24, 2.45) is 0 Å². The van der Waals surface area contributed by atoms with Crippen LogP contribution in [0.1, 0.15) is 21.6 Å². The van der Waals surface area contributed by atoms with Gasteiger partial charge in [0, 0.05) is 27.3 Å². The van der Waals surface area contributed by atoms with Crippen molar-refractivity contribution in [1.29, 1.82) is 0 Å². The van der Waals surface area contributed by atoms with E-state index >= 15 is 0 Å². The molecule has 0 spiro atoms. The molecule has 0 saturated heterocycles. The fourth-order valence-electron chi connectivity index (χ4n) is 3.09. The van der Waals surface area contributed by atoms with E-state index < -0.39 is 5.97 Å². The molecule has 2 aromatic carbocycles. The predicted molar refractivity (Wildman–Crippen MR) is 121 cm³/mol. The fourth-order valence-corrected chi connectivity index (χ4v) is 3.09. The Morgan fingerprint density at radius 3 is 1.91 bits per heavy atom. The minimum absolute atomic E-state index is 0.150. The number of oxazole rings is 1. The number of benzene rings is 2. The molecule has 9 heteroatoms. The first kappa shape index (κ1) is 24.1. The highest BCUT2D eigenvalue weighted by Gasteiger charge is 2.18. The van der Waals surface area contributed by atoms with E-state index in [0.717, 1.165) is 28.9 Å². The lowest BCUT2D eigenvalue weighted by atomic mass is 10.1. The summed E-state index contributed by atoms with van der Waals surface area (Å²) in [5, 5.41) is 9.24. The van der Waals surface area contributed by atoms with Gasteiger partial charge in [-0.1, -0.05) is 24.3 Å². The highest BCUT2D eigenvalue weighted by atomic mass is 16.5. The van der Waals surface area contributed by atoms with Crippen molar-refractivity contribution >= 4 is 12.0 Å². The second-order valence-electron chi connectivity index (χ2n) is 7.15. The third kappa shape index (κ3) is 7.51. The highest BCUT2D eigenvalue weighted by Crippen LogP contribution is 2.23. The topological polar surface area (TPSA) is 103 Å². The molecule has 1 aromatic heterocycles. The van der Waals surface area contributed by atoms with Crippen LogP contribution in [-0.2, 0) is 22.6 Å². The van der Waals surface area contributed by atoms with Gasteiger partial charge in [-0.2, -0.15) is 4.98 Å². The Kier molecular flexibility index (Phi) is 9.10. The van der Waals surface area contributed by atoms with Crippen LogP contribution in [0.5, 0.6) is 11.5 Å². The quantitative estimate of drug-likeness (QED) is 0.364. The molecule has 33 heavy (non-hydrogen) atoms. The van der Waals surface area contributed by atoms with Gasteiger partial charge in [0.15, 0.2) is 5.69 Å². The summed E-state index contributed by atoms with van der Waals surface area (Å²) in [6.45, 7) is 2.73. The Bertz CT molecular complexity index is 966. The molecule has 0 saturated carbocycles. The zero-order valence-corrected chi connectivity index (χ0v) is 18.7. The molecule has 3 rings (SSSR count). The molecule has 0 amide bonds. The van der Waals surface area contributed by atoms with Gasteiger partial charge in [0.2, 0.25) is 0 Å². The standard InChI is InChI=1S/C24H28N2O7/c1-29-9-11-31-20-7-3-5-18(13-20)15-26(24-25-22(17-33-24)23(27)28)16-19-6-4-8-21(14-19)32-12-10-30-2/h3-8,13-14,17H,9-12,15-16H2,1-2H3,(H,27,28). The van der Waals surface area contributed by atoms with Gasteiger partial charge >= 0.3 is 5.97 Å². The van der Waals surface area contributed by atoms with Gasteiger partial charge in [-0.15, -0.1) is 0 Å². The van der Waals surface area contributed by atoms with E-state index in [4.69, 9.17) is 23.4 Å². The number of carboxylic acid groups (broad SMARTS) is 1. The lowest BCUT2D eigenvalue weighted by molar-refractivity contribution is 0.0690. The molecule has 0 radical (unpaired) electrons. The van der Waals surface area contributed by atoms with Crippen LogP contribution in [0.3, 0.4) is 0 Å². The van der Waals surface area contributed by atoms with Crippen molar-refractivity contribution in [1.82, 2.24) is 4.98 Å². The Labute approximate surface area is 192 Å². The number of carbonyl (C=O) groups is 1. The largest absolute Gasteiger partial charge is 0.491 e. The van der Waals surface area contributed by atoms with Crippen LogP contribution < -0.4 is 14.4 Å². The summed E-state index contributed by atoms with van der Waals surface area (Å²) in [5.41, 5.74) is 1.75. The van der Waals surface area contributed by atoms with Crippen molar-refractivity contribution in [3.63, 3.8) is 0 Å². The summed E-state index contributed by atoms with van der Waals surface area (Å²) >= 11 is 0. The SMILES string of the molecule is COCCOc1cccc(CN(Cc2cccc(OCCOC)c2)c2nc(C(=O)O)co2)c1. The average molecular weight is 456 g/mol. The number of anilines is 1. The minimum atomic E-state index is -1.15. The molecule has 1 N–H and O–H groups in total. The molecule has 176 valence electrons.